The lowest BCUT2D eigenvalue weighted by Gasteiger charge is -1.99. The molecule has 0 saturated heterocycles. The van der Waals surface area contributed by atoms with Gasteiger partial charge in [0.2, 0.25) is 5.91 Å². The van der Waals surface area contributed by atoms with E-state index in [9.17, 15) is 4.79 Å². The van der Waals surface area contributed by atoms with Gasteiger partial charge in [-0.15, -0.1) is 11.3 Å². The monoisotopic (exact) mass is 389 g/mol. The second-order valence-corrected chi connectivity index (χ2v) is 6.91. The predicted molar refractivity (Wildman–Crippen MR) is 103 cm³/mol. The molecule has 2 aromatic carbocycles. The van der Waals surface area contributed by atoms with Crippen LogP contribution in [0.15, 0.2) is 59.0 Å². The van der Waals surface area contributed by atoms with Crippen molar-refractivity contribution in [3.05, 3.63) is 74.5 Å². The summed E-state index contributed by atoms with van der Waals surface area (Å²) in [4.78, 5) is 16.5. The molecule has 3 rings (SSSR count). The predicted octanol–water partition coefficient (Wildman–Crippen LogP) is 4.81. The highest BCUT2D eigenvalue weighted by Gasteiger charge is 2.08. The highest BCUT2D eigenvalue weighted by molar-refractivity contribution is 7.10. The topological polar surface area (TPSA) is 54.4 Å². The Morgan fingerprint density at radius 2 is 2.00 bits per heavy atom. The minimum Gasteiger partial charge on any atom is -0.273 e. The summed E-state index contributed by atoms with van der Waals surface area (Å²) < 4.78 is 0. The summed E-state index contributed by atoms with van der Waals surface area (Å²) in [6, 6.07) is 14.9. The van der Waals surface area contributed by atoms with Gasteiger partial charge >= 0.3 is 0 Å². The molecule has 0 aliphatic heterocycles. The fourth-order valence-electron chi connectivity index (χ4n) is 2.09. The fourth-order valence-corrected chi connectivity index (χ4v) is 3.35. The number of hydrogen-bond donors (Lipinski definition) is 1. The SMILES string of the molecule is O=C(Cc1nc(-c2ccccc2)cs1)N/N=C\c1ccc(Cl)cc1Cl. The van der Waals surface area contributed by atoms with Crippen LogP contribution in [0.25, 0.3) is 11.3 Å². The van der Waals surface area contributed by atoms with Crippen LogP contribution in [0.3, 0.4) is 0 Å². The number of thiazole rings is 1. The van der Waals surface area contributed by atoms with E-state index >= 15 is 0 Å². The Morgan fingerprint density at radius 3 is 2.76 bits per heavy atom. The molecule has 7 heteroatoms. The van der Waals surface area contributed by atoms with Gasteiger partial charge in [-0.3, -0.25) is 4.79 Å². The highest BCUT2D eigenvalue weighted by Crippen LogP contribution is 2.22. The van der Waals surface area contributed by atoms with E-state index in [0.717, 1.165) is 16.3 Å². The first-order valence-electron chi connectivity index (χ1n) is 7.38. The second-order valence-electron chi connectivity index (χ2n) is 5.13. The van der Waals surface area contributed by atoms with E-state index in [4.69, 9.17) is 23.2 Å². The number of hydrazone groups is 1. The molecule has 1 heterocycles. The Hall–Kier alpha value is -2.21. The molecule has 0 spiro atoms. The van der Waals surface area contributed by atoms with Crippen LogP contribution in [-0.2, 0) is 11.2 Å². The molecule has 4 nitrogen and oxygen atoms in total. The van der Waals surface area contributed by atoms with E-state index in [1.54, 1.807) is 18.2 Å². The van der Waals surface area contributed by atoms with Crippen LogP contribution in [0.5, 0.6) is 0 Å². The van der Waals surface area contributed by atoms with Crippen molar-refractivity contribution in [2.45, 2.75) is 6.42 Å². The van der Waals surface area contributed by atoms with Crippen LogP contribution in [0.1, 0.15) is 10.6 Å². The zero-order valence-electron chi connectivity index (χ0n) is 12.9. The van der Waals surface area contributed by atoms with E-state index in [0.29, 0.717) is 15.6 Å². The van der Waals surface area contributed by atoms with Crippen molar-refractivity contribution < 1.29 is 4.79 Å². The number of halogens is 2. The molecule has 0 aliphatic rings. The van der Waals surface area contributed by atoms with Gasteiger partial charge in [-0.25, -0.2) is 10.4 Å². The maximum atomic E-state index is 12.0. The quantitative estimate of drug-likeness (QED) is 0.502. The lowest BCUT2D eigenvalue weighted by molar-refractivity contribution is -0.120. The number of benzene rings is 2. The fraction of sp³-hybridized carbons (Fsp3) is 0.0556. The van der Waals surface area contributed by atoms with Crippen LogP contribution in [0, 0.1) is 0 Å². The lowest BCUT2D eigenvalue weighted by atomic mass is 10.2. The number of carbonyl (C=O) groups is 1. The van der Waals surface area contributed by atoms with Crippen molar-refractivity contribution in [2.24, 2.45) is 5.10 Å². The summed E-state index contributed by atoms with van der Waals surface area (Å²) in [6.07, 6.45) is 1.65. The number of nitrogens with zero attached hydrogens (tertiary/aromatic N) is 2. The third-order valence-electron chi connectivity index (χ3n) is 3.29. The molecule has 0 aliphatic carbocycles. The van der Waals surface area contributed by atoms with Crippen molar-refractivity contribution in [1.29, 1.82) is 0 Å². The third kappa shape index (κ3) is 4.89. The average Bonchev–Trinajstić information content (AvgIpc) is 3.06. The Kier molecular flexibility index (Phi) is 5.81. The van der Waals surface area contributed by atoms with E-state index in [-0.39, 0.29) is 12.3 Å². The van der Waals surface area contributed by atoms with Crippen molar-refractivity contribution in [2.75, 3.05) is 0 Å². The molecule has 0 bridgehead atoms. The molecule has 0 fully saturated rings. The Morgan fingerprint density at radius 1 is 1.20 bits per heavy atom. The van der Waals surface area contributed by atoms with Gasteiger partial charge in [0, 0.05) is 21.5 Å². The molecule has 3 aromatic rings. The summed E-state index contributed by atoms with van der Waals surface area (Å²) in [5.74, 6) is -0.240. The van der Waals surface area contributed by atoms with Crippen molar-refractivity contribution >= 4 is 46.7 Å². The van der Waals surface area contributed by atoms with Crippen LogP contribution in [-0.4, -0.2) is 17.1 Å². The average molecular weight is 390 g/mol. The molecule has 126 valence electrons. The van der Waals surface area contributed by atoms with Gasteiger partial charge < -0.3 is 0 Å². The van der Waals surface area contributed by atoms with Gasteiger partial charge in [-0.05, 0) is 12.1 Å². The van der Waals surface area contributed by atoms with E-state index in [1.807, 2.05) is 35.7 Å². The summed E-state index contributed by atoms with van der Waals surface area (Å²) in [5.41, 5.74) is 5.04. The van der Waals surface area contributed by atoms with E-state index in [2.05, 4.69) is 15.5 Å². The first-order valence-corrected chi connectivity index (χ1v) is 9.02. The van der Waals surface area contributed by atoms with Crippen LogP contribution >= 0.6 is 34.5 Å². The van der Waals surface area contributed by atoms with E-state index in [1.165, 1.54) is 17.6 Å². The summed E-state index contributed by atoms with van der Waals surface area (Å²) >= 11 is 13.3. The molecular weight excluding hydrogens is 377 g/mol. The molecular formula is C18H13Cl2N3OS. The smallest absolute Gasteiger partial charge is 0.246 e. The molecule has 0 atom stereocenters. The first-order chi connectivity index (χ1) is 12.1. The van der Waals surface area contributed by atoms with Gasteiger partial charge in [-0.1, -0.05) is 59.6 Å². The van der Waals surface area contributed by atoms with Gasteiger partial charge in [0.05, 0.1) is 23.4 Å². The standard InChI is InChI=1S/C18H13Cl2N3OS/c19-14-7-6-13(15(20)8-14)10-21-23-17(24)9-18-22-16(11-25-18)12-4-2-1-3-5-12/h1-8,10-11H,9H2,(H,23,24)/b21-10-. The normalized spacial score (nSPS) is 11.0. The lowest BCUT2D eigenvalue weighted by Crippen LogP contribution is -2.19. The number of amides is 1. The minimum atomic E-state index is -0.240. The minimum absolute atomic E-state index is 0.170. The number of carbonyl (C=O) groups excluding carboxylic acids is 1. The van der Waals surface area contributed by atoms with Gasteiger partial charge in [-0.2, -0.15) is 5.10 Å². The maximum Gasteiger partial charge on any atom is 0.246 e. The third-order valence-corrected chi connectivity index (χ3v) is 4.70. The first kappa shape index (κ1) is 17.6. The zero-order valence-corrected chi connectivity index (χ0v) is 15.3. The van der Waals surface area contributed by atoms with Gasteiger partial charge in [0.25, 0.3) is 0 Å². The largest absolute Gasteiger partial charge is 0.273 e. The molecule has 25 heavy (non-hydrogen) atoms. The zero-order chi connectivity index (χ0) is 17.6. The Bertz CT molecular complexity index is 910. The molecule has 0 radical (unpaired) electrons. The number of nitrogens with one attached hydrogen (secondary N) is 1. The molecule has 0 unspecified atom stereocenters. The van der Waals surface area contributed by atoms with Crippen LogP contribution < -0.4 is 5.43 Å². The second kappa shape index (κ2) is 8.25. The molecule has 1 aromatic heterocycles. The molecule has 0 saturated carbocycles. The molecule has 1 N–H and O–H groups in total. The summed E-state index contributed by atoms with van der Waals surface area (Å²) in [6.45, 7) is 0. The Labute approximate surface area is 159 Å². The number of aromatic nitrogens is 1. The Balaban J connectivity index is 1.58. The van der Waals surface area contributed by atoms with Crippen molar-refractivity contribution in [1.82, 2.24) is 10.4 Å². The maximum absolute atomic E-state index is 12.0. The molecule has 1 amide bonds. The van der Waals surface area contributed by atoms with Gasteiger partial charge in [0.1, 0.15) is 5.01 Å². The van der Waals surface area contributed by atoms with E-state index < -0.39 is 0 Å². The summed E-state index contributed by atoms with van der Waals surface area (Å²) in [5, 5.41) is 7.61. The van der Waals surface area contributed by atoms with Crippen molar-refractivity contribution in [3.8, 4) is 11.3 Å². The van der Waals surface area contributed by atoms with Crippen molar-refractivity contribution in [3.63, 3.8) is 0 Å². The van der Waals surface area contributed by atoms with Crippen LogP contribution in [0.2, 0.25) is 10.0 Å². The number of rotatable bonds is 5. The van der Waals surface area contributed by atoms with Crippen LogP contribution in [0.4, 0.5) is 0 Å². The highest BCUT2D eigenvalue weighted by atomic mass is 35.5. The van der Waals surface area contributed by atoms with Gasteiger partial charge in [0.15, 0.2) is 0 Å². The number of hydrogen-bond acceptors (Lipinski definition) is 4. The summed E-state index contributed by atoms with van der Waals surface area (Å²) in [7, 11) is 0.